The van der Waals surface area contributed by atoms with Gasteiger partial charge in [0.15, 0.2) is 0 Å². The van der Waals surface area contributed by atoms with Crippen LogP contribution in [0, 0.1) is 0 Å². The maximum atomic E-state index is 12.4. The Balaban J connectivity index is 2.39. The fraction of sp³-hybridized carbons (Fsp3) is 0.200. The number of rotatable bonds is 3. The summed E-state index contributed by atoms with van der Waals surface area (Å²) in [7, 11) is 0. The molecular formula is C15H12Cl4N2O. The molecule has 22 heavy (non-hydrogen) atoms. The van der Waals surface area contributed by atoms with Crippen LogP contribution < -0.4 is 5.32 Å². The average Bonchev–Trinajstić information content (AvgIpc) is 2.49. The summed E-state index contributed by atoms with van der Waals surface area (Å²) in [6.45, 7) is 4.07. The van der Waals surface area contributed by atoms with Gasteiger partial charge in [-0.1, -0.05) is 78.5 Å². The normalized spacial score (nSPS) is 10.9. The molecule has 1 aromatic heterocycles. The first kappa shape index (κ1) is 17.4. The lowest BCUT2D eigenvalue weighted by Gasteiger charge is -2.14. The number of aromatic nitrogens is 1. The van der Waals surface area contributed by atoms with Gasteiger partial charge in [0.2, 0.25) is 0 Å². The van der Waals surface area contributed by atoms with Gasteiger partial charge in [-0.3, -0.25) is 4.79 Å². The van der Waals surface area contributed by atoms with Gasteiger partial charge in [0.1, 0.15) is 10.8 Å². The van der Waals surface area contributed by atoms with E-state index in [0.29, 0.717) is 5.69 Å². The largest absolute Gasteiger partial charge is 0.320 e. The molecule has 1 heterocycles. The number of carbonyl (C=O) groups excluding carboxylic acids is 1. The van der Waals surface area contributed by atoms with E-state index in [0.717, 1.165) is 5.56 Å². The zero-order chi connectivity index (χ0) is 16.4. The molecule has 0 aliphatic rings. The van der Waals surface area contributed by atoms with E-state index in [1.807, 2.05) is 32.0 Å². The Hall–Kier alpha value is -1.000. The molecule has 0 aliphatic carbocycles. The molecule has 0 atom stereocenters. The van der Waals surface area contributed by atoms with E-state index < -0.39 is 5.91 Å². The summed E-state index contributed by atoms with van der Waals surface area (Å²) in [6, 6.07) is 7.49. The van der Waals surface area contributed by atoms with E-state index in [2.05, 4.69) is 10.3 Å². The fourth-order valence-electron chi connectivity index (χ4n) is 1.93. The predicted molar refractivity (Wildman–Crippen MR) is 92.8 cm³/mol. The van der Waals surface area contributed by atoms with Crippen molar-refractivity contribution in [3.8, 4) is 0 Å². The molecule has 2 aromatic rings. The number of benzene rings is 1. The summed E-state index contributed by atoms with van der Waals surface area (Å²) in [4.78, 5) is 16.3. The topological polar surface area (TPSA) is 42.0 Å². The van der Waals surface area contributed by atoms with E-state index >= 15 is 0 Å². The van der Waals surface area contributed by atoms with Crippen molar-refractivity contribution in [3.63, 3.8) is 0 Å². The molecule has 1 N–H and O–H groups in total. The summed E-state index contributed by atoms with van der Waals surface area (Å²) < 4.78 is 0. The van der Waals surface area contributed by atoms with Gasteiger partial charge in [-0.05, 0) is 17.5 Å². The third kappa shape index (κ3) is 3.49. The molecule has 0 fully saturated rings. The van der Waals surface area contributed by atoms with Crippen LogP contribution in [0.25, 0.3) is 0 Å². The number of hydrogen-bond acceptors (Lipinski definition) is 2. The molecule has 2 rings (SSSR count). The number of hydrogen-bond donors (Lipinski definition) is 1. The summed E-state index contributed by atoms with van der Waals surface area (Å²) in [6.07, 6.45) is 0. The highest BCUT2D eigenvalue weighted by molar-refractivity contribution is 6.52. The summed E-state index contributed by atoms with van der Waals surface area (Å²) in [5, 5.41) is 2.70. The number of anilines is 1. The number of para-hydroxylation sites is 1. The van der Waals surface area contributed by atoms with Gasteiger partial charge in [0.05, 0.1) is 15.1 Å². The van der Waals surface area contributed by atoms with Crippen molar-refractivity contribution in [2.75, 3.05) is 5.32 Å². The van der Waals surface area contributed by atoms with Crippen LogP contribution in [0.5, 0.6) is 0 Å². The van der Waals surface area contributed by atoms with Crippen LogP contribution in [-0.2, 0) is 0 Å². The van der Waals surface area contributed by atoms with Crippen LogP contribution in [-0.4, -0.2) is 10.9 Å². The molecule has 0 aliphatic heterocycles. The van der Waals surface area contributed by atoms with Crippen molar-refractivity contribution < 1.29 is 4.79 Å². The van der Waals surface area contributed by atoms with E-state index in [9.17, 15) is 4.79 Å². The average molecular weight is 378 g/mol. The molecule has 7 heteroatoms. The van der Waals surface area contributed by atoms with Crippen molar-refractivity contribution in [2.45, 2.75) is 19.8 Å². The Morgan fingerprint density at radius 1 is 1.05 bits per heavy atom. The molecule has 0 saturated carbocycles. The van der Waals surface area contributed by atoms with E-state index in [-0.39, 0.29) is 31.8 Å². The van der Waals surface area contributed by atoms with Crippen LogP contribution in [0.4, 0.5) is 5.69 Å². The number of halogens is 4. The van der Waals surface area contributed by atoms with Gasteiger partial charge in [0.25, 0.3) is 5.91 Å². The second-order valence-electron chi connectivity index (χ2n) is 4.89. The predicted octanol–water partition coefficient (Wildman–Crippen LogP) is 6.07. The summed E-state index contributed by atoms with van der Waals surface area (Å²) in [5.74, 6) is -0.254. The number of amides is 1. The minimum absolute atomic E-state index is 0.00521. The van der Waals surface area contributed by atoms with Crippen molar-refractivity contribution in [1.29, 1.82) is 0 Å². The molecule has 1 amide bonds. The number of pyridine rings is 1. The maximum Gasteiger partial charge on any atom is 0.275 e. The summed E-state index contributed by atoms with van der Waals surface area (Å²) in [5.41, 5.74) is 1.61. The van der Waals surface area contributed by atoms with Crippen molar-refractivity contribution in [2.24, 2.45) is 0 Å². The van der Waals surface area contributed by atoms with Crippen molar-refractivity contribution in [3.05, 3.63) is 55.7 Å². The van der Waals surface area contributed by atoms with Crippen LogP contribution in [0.3, 0.4) is 0 Å². The second-order valence-corrected chi connectivity index (χ2v) is 6.38. The SMILES string of the molecule is CC(C)c1ccccc1NC(=O)c1nc(Cl)c(Cl)c(Cl)c1Cl. The van der Waals surface area contributed by atoms with Crippen LogP contribution in [0.1, 0.15) is 35.8 Å². The third-order valence-corrected chi connectivity index (χ3v) is 4.71. The highest BCUT2D eigenvalue weighted by Crippen LogP contribution is 2.36. The van der Waals surface area contributed by atoms with Gasteiger partial charge in [0, 0.05) is 5.69 Å². The highest BCUT2D eigenvalue weighted by Gasteiger charge is 2.21. The third-order valence-electron chi connectivity index (χ3n) is 3.03. The van der Waals surface area contributed by atoms with Gasteiger partial charge in [-0.25, -0.2) is 4.98 Å². The standard InChI is InChI=1S/C15H12Cl4N2O/c1-7(2)8-5-3-4-6-9(8)20-15(22)13-11(17)10(16)12(18)14(19)21-13/h3-7H,1-2H3,(H,20,22). The van der Waals surface area contributed by atoms with Crippen molar-refractivity contribution in [1.82, 2.24) is 4.98 Å². The number of nitrogens with one attached hydrogen (secondary N) is 1. The lowest BCUT2D eigenvalue weighted by atomic mass is 10.0. The molecule has 0 bridgehead atoms. The van der Waals surface area contributed by atoms with Crippen LogP contribution >= 0.6 is 46.4 Å². The molecule has 0 spiro atoms. The van der Waals surface area contributed by atoms with Gasteiger partial charge < -0.3 is 5.32 Å². The Labute approximate surface area is 148 Å². The van der Waals surface area contributed by atoms with Crippen LogP contribution in [0.15, 0.2) is 24.3 Å². The van der Waals surface area contributed by atoms with Crippen molar-refractivity contribution >= 4 is 58.0 Å². The first-order valence-electron chi connectivity index (χ1n) is 6.43. The summed E-state index contributed by atoms with van der Waals surface area (Å²) >= 11 is 23.7. The monoisotopic (exact) mass is 376 g/mol. The molecule has 3 nitrogen and oxygen atoms in total. The van der Waals surface area contributed by atoms with Gasteiger partial charge >= 0.3 is 0 Å². The zero-order valence-electron chi connectivity index (χ0n) is 11.8. The van der Waals surface area contributed by atoms with E-state index in [1.54, 1.807) is 6.07 Å². The molecule has 0 unspecified atom stereocenters. The Bertz CT molecular complexity index is 732. The molecule has 0 saturated heterocycles. The molecule has 1 aromatic carbocycles. The molecule has 0 radical (unpaired) electrons. The molecule has 116 valence electrons. The first-order chi connectivity index (χ1) is 10.3. The minimum atomic E-state index is -0.501. The van der Waals surface area contributed by atoms with Gasteiger partial charge in [-0.2, -0.15) is 0 Å². The Morgan fingerprint density at radius 3 is 2.32 bits per heavy atom. The zero-order valence-corrected chi connectivity index (χ0v) is 14.8. The number of carbonyl (C=O) groups is 1. The quantitative estimate of drug-likeness (QED) is 0.659. The lowest BCUT2D eigenvalue weighted by Crippen LogP contribution is -2.16. The smallest absolute Gasteiger partial charge is 0.275 e. The first-order valence-corrected chi connectivity index (χ1v) is 7.94. The Morgan fingerprint density at radius 2 is 1.68 bits per heavy atom. The van der Waals surface area contributed by atoms with E-state index in [1.165, 1.54) is 0 Å². The highest BCUT2D eigenvalue weighted by atomic mass is 35.5. The number of nitrogens with zero attached hydrogens (tertiary/aromatic N) is 1. The Kier molecular flexibility index (Phi) is 5.56. The maximum absolute atomic E-state index is 12.4. The van der Waals surface area contributed by atoms with Crippen LogP contribution in [0.2, 0.25) is 20.2 Å². The lowest BCUT2D eigenvalue weighted by molar-refractivity contribution is 0.102. The second kappa shape index (κ2) is 7.05. The van der Waals surface area contributed by atoms with Gasteiger partial charge in [-0.15, -0.1) is 0 Å². The minimum Gasteiger partial charge on any atom is -0.320 e. The fourth-order valence-corrected chi connectivity index (χ4v) is 2.75. The van der Waals surface area contributed by atoms with E-state index in [4.69, 9.17) is 46.4 Å². The molecular weight excluding hydrogens is 366 g/mol.